The van der Waals surface area contributed by atoms with Crippen LogP contribution < -0.4 is 10.1 Å². The monoisotopic (exact) mass is 395 g/mol. The van der Waals surface area contributed by atoms with Crippen LogP contribution in [-0.4, -0.2) is 44.0 Å². The first-order valence-corrected chi connectivity index (χ1v) is 9.01. The molecule has 1 saturated heterocycles. The van der Waals surface area contributed by atoms with Gasteiger partial charge in [0.05, 0.1) is 19.8 Å². The number of rotatable bonds is 4. The van der Waals surface area contributed by atoms with Gasteiger partial charge in [-0.2, -0.15) is 0 Å². The molecule has 1 aliphatic heterocycles. The summed E-state index contributed by atoms with van der Waals surface area (Å²) in [4.78, 5) is 11.0. The van der Waals surface area contributed by atoms with Crippen molar-refractivity contribution in [1.29, 1.82) is 0 Å². The van der Waals surface area contributed by atoms with Gasteiger partial charge < -0.3 is 19.9 Å². The Morgan fingerprint density at radius 1 is 1.33 bits per heavy atom. The van der Waals surface area contributed by atoms with Crippen molar-refractivity contribution in [3.05, 3.63) is 64.4 Å². The third-order valence-electron chi connectivity index (χ3n) is 3.95. The number of carbonyl (C=O) groups is 1. The summed E-state index contributed by atoms with van der Waals surface area (Å²) < 4.78 is 24.2. The van der Waals surface area contributed by atoms with E-state index in [1.54, 1.807) is 0 Å². The molecule has 27 heavy (non-hydrogen) atoms. The molecule has 1 heterocycles. The van der Waals surface area contributed by atoms with E-state index in [4.69, 9.17) is 26.2 Å². The van der Waals surface area contributed by atoms with E-state index in [2.05, 4.69) is 5.32 Å². The topological polar surface area (TPSA) is 67.8 Å². The molecule has 3 rings (SSSR count). The summed E-state index contributed by atoms with van der Waals surface area (Å²) in [5.74, 6) is -1.95. The van der Waals surface area contributed by atoms with Crippen molar-refractivity contribution in [2.45, 2.75) is 6.92 Å². The van der Waals surface area contributed by atoms with Gasteiger partial charge in [-0.05, 0) is 30.7 Å². The highest BCUT2D eigenvalue weighted by Gasteiger charge is 2.19. The SMILES string of the molecule is Cc1ccccc1Cl.O=C(O)c1c(F)cccc1OCC1CNCCOC1. The molecule has 146 valence electrons. The fraction of sp³-hybridized carbons (Fsp3) is 0.350. The van der Waals surface area contributed by atoms with Gasteiger partial charge in [0.2, 0.25) is 0 Å². The van der Waals surface area contributed by atoms with Crippen molar-refractivity contribution in [2.24, 2.45) is 5.92 Å². The second-order valence-electron chi connectivity index (χ2n) is 6.12. The third kappa shape index (κ3) is 6.82. The lowest BCUT2D eigenvalue weighted by atomic mass is 10.1. The molecular formula is C20H23ClFNO4. The molecule has 0 spiro atoms. The van der Waals surface area contributed by atoms with E-state index in [1.807, 2.05) is 31.2 Å². The molecule has 2 aromatic carbocycles. The maximum absolute atomic E-state index is 13.4. The van der Waals surface area contributed by atoms with Gasteiger partial charge in [-0.15, -0.1) is 0 Å². The maximum atomic E-state index is 13.4. The largest absolute Gasteiger partial charge is 0.492 e. The zero-order valence-electron chi connectivity index (χ0n) is 15.1. The summed E-state index contributed by atoms with van der Waals surface area (Å²) in [6, 6.07) is 11.8. The molecule has 0 aromatic heterocycles. The quantitative estimate of drug-likeness (QED) is 0.824. The van der Waals surface area contributed by atoms with Crippen LogP contribution in [0.4, 0.5) is 4.39 Å². The summed E-state index contributed by atoms with van der Waals surface area (Å²) in [6.07, 6.45) is 0. The van der Waals surface area contributed by atoms with Gasteiger partial charge in [0.15, 0.2) is 0 Å². The molecule has 2 aromatic rings. The van der Waals surface area contributed by atoms with Gasteiger partial charge in [0, 0.05) is 24.0 Å². The number of aryl methyl sites for hydroxylation is 1. The van der Waals surface area contributed by atoms with Gasteiger partial charge in [0.1, 0.15) is 17.1 Å². The summed E-state index contributed by atoms with van der Waals surface area (Å²) in [6.45, 7) is 5.00. The molecule has 0 amide bonds. The Bertz CT molecular complexity index is 728. The van der Waals surface area contributed by atoms with Crippen molar-refractivity contribution < 1.29 is 23.8 Å². The highest BCUT2D eigenvalue weighted by Crippen LogP contribution is 2.22. The van der Waals surface area contributed by atoms with Crippen LogP contribution >= 0.6 is 11.6 Å². The third-order valence-corrected chi connectivity index (χ3v) is 4.37. The van der Waals surface area contributed by atoms with Gasteiger partial charge in [-0.3, -0.25) is 0 Å². The van der Waals surface area contributed by atoms with Crippen molar-refractivity contribution in [1.82, 2.24) is 5.32 Å². The molecular weight excluding hydrogens is 373 g/mol. The van der Waals surface area contributed by atoms with E-state index < -0.39 is 17.3 Å². The molecule has 0 bridgehead atoms. The van der Waals surface area contributed by atoms with Gasteiger partial charge in [-0.25, -0.2) is 9.18 Å². The zero-order chi connectivity index (χ0) is 19.6. The number of hydrogen-bond donors (Lipinski definition) is 2. The van der Waals surface area contributed by atoms with E-state index >= 15 is 0 Å². The Morgan fingerprint density at radius 3 is 2.78 bits per heavy atom. The molecule has 1 fully saturated rings. The molecule has 0 radical (unpaired) electrons. The molecule has 1 aliphatic rings. The van der Waals surface area contributed by atoms with Crippen molar-refractivity contribution in [3.63, 3.8) is 0 Å². The number of nitrogens with one attached hydrogen (secondary N) is 1. The lowest BCUT2D eigenvalue weighted by Crippen LogP contribution is -2.27. The predicted octanol–water partition coefficient (Wildman–Crippen LogP) is 3.79. The van der Waals surface area contributed by atoms with E-state index in [1.165, 1.54) is 12.1 Å². The summed E-state index contributed by atoms with van der Waals surface area (Å²) >= 11 is 5.71. The number of benzene rings is 2. The second-order valence-corrected chi connectivity index (χ2v) is 6.53. The lowest BCUT2D eigenvalue weighted by molar-refractivity contribution is 0.0682. The number of ether oxygens (including phenoxy) is 2. The Morgan fingerprint density at radius 2 is 2.11 bits per heavy atom. The van der Waals surface area contributed by atoms with Crippen LogP contribution in [0.5, 0.6) is 5.75 Å². The molecule has 2 N–H and O–H groups in total. The van der Waals surface area contributed by atoms with Crippen LogP contribution in [0.3, 0.4) is 0 Å². The first-order chi connectivity index (χ1) is 13.0. The van der Waals surface area contributed by atoms with Crippen LogP contribution in [0.1, 0.15) is 15.9 Å². The van der Waals surface area contributed by atoms with Crippen molar-refractivity contribution in [2.75, 3.05) is 32.9 Å². The first kappa shape index (κ1) is 21.2. The number of carboxylic acid groups (broad SMARTS) is 1. The molecule has 0 saturated carbocycles. The Balaban J connectivity index is 0.000000273. The smallest absolute Gasteiger partial charge is 0.342 e. The minimum Gasteiger partial charge on any atom is -0.492 e. The zero-order valence-corrected chi connectivity index (χ0v) is 15.8. The molecule has 0 aliphatic carbocycles. The van der Waals surface area contributed by atoms with Crippen molar-refractivity contribution >= 4 is 17.6 Å². The minimum atomic E-state index is -1.33. The van der Waals surface area contributed by atoms with Gasteiger partial charge >= 0.3 is 5.97 Å². The fourth-order valence-electron chi connectivity index (χ4n) is 2.46. The van der Waals surface area contributed by atoms with Crippen LogP contribution in [0.25, 0.3) is 0 Å². The molecule has 5 nitrogen and oxygen atoms in total. The normalized spacial score (nSPS) is 16.6. The van der Waals surface area contributed by atoms with Gasteiger partial charge in [-0.1, -0.05) is 35.9 Å². The lowest BCUT2D eigenvalue weighted by Gasteiger charge is -2.16. The summed E-state index contributed by atoms with van der Waals surface area (Å²) in [7, 11) is 0. The van der Waals surface area contributed by atoms with Crippen molar-refractivity contribution in [3.8, 4) is 5.75 Å². The maximum Gasteiger partial charge on any atom is 0.342 e. The summed E-state index contributed by atoms with van der Waals surface area (Å²) in [5.41, 5.74) is 0.708. The van der Waals surface area contributed by atoms with Gasteiger partial charge in [0.25, 0.3) is 0 Å². The average molecular weight is 396 g/mol. The standard InChI is InChI=1S/C13H16FNO4.C7H7Cl/c14-10-2-1-3-11(12(10)13(16)17)19-8-9-6-15-4-5-18-7-9;1-6-4-2-3-5-7(6)8/h1-3,9,15H,4-8H2,(H,16,17);2-5H,1H3. The van der Waals surface area contributed by atoms with Crippen LogP contribution in [0.2, 0.25) is 5.02 Å². The van der Waals surface area contributed by atoms with Crippen LogP contribution in [-0.2, 0) is 4.74 Å². The molecule has 1 unspecified atom stereocenters. The second kappa shape index (κ2) is 10.9. The average Bonchev–Trinajstić information content (AvgIpc) is 2.91. The highest BCUT2D eigenvalue weighted by atomic mass is 35.5. The molecule has 7 heteroatoms. The summed E-state index contributed by atoms with van der Waals surface area (Å²) in [5, 5.41) is 13.0. The first-order valence-electron chi connectivity index (χ1n) is 8.63. The van der Waals surface area contributed by atoms with E-state index in [0.717, 1.165) is 29.7 Å². The van der Waals surface area contributed by atoms with E-state index in [0.29, 0.717) is 13.2 Å². The Hall–Kier alpha value is -2.15. The van der Waals surface area contributed by atoms with E-state index in [-0.39, 0.29) is 18.3 Å². The molecule has 1 atom stereocenters. The van der Waals surface area contributed by atoms with Crippen LogP contribution in [0, 0.1) is 18.7 Å². The minimum absolute atomic E-state index is 0.0525. The van der Waals surface area contributed by atoms with Crippen LogP contribution in [0.15, 0.2) is 42.5 Å². The number of hydrogen-bond acceptors (Lipinski definition) is 4. The number of halogens is 2. The number of aromatic carboxylic acids is 1. The van der Waals surface area contributed by atoms with E-state index in [9.17, 15) is 9.18 Å². The highest BCUT2D eigenvalue weighted by molar-refractivity contribution is 6.31. The Labute approximate surface area is 163 Å². The fourth-order valence-corrected chi connectivity index (χ4v) is 2.59. The Kier molecular flexibility index (Phi) is 8.51. The predicted molar refractivity (Wildman–Crippen MR) is 102 cm³/mol. The number of carboxylic acids is 1.